The fourth-order valence-electron chi connectivity index (χ4n) is 2.31. The van der Waals surface area contributed by atoms with E-state index in [9.17, 15) is 4.79 Å². The summed E-state index contributed by atoms with van der Waals surface area (Å²) < 4.78 is 5.40. The molecule has 0 unspecified atom stereocenters. The van der Waals surface area contributed by atoms with Crippen LogP contribution >= 0.6 is 0 Å². The number of nitrogens with zero attached hydrogens (tertiary/aromatic N) is 1. The van der Waals surface area contributed by atoms with Crippen LogP contribution in [0.25, 0.3) is 0 Å². The van der Waals surface area contributed by atoms with Gasteiger partial charge in [-0.2, -0.15) is 0 Å². The van der Waals surface area contributed by atoms with Crippen molar-refractivity contribution in [2.75, 3.05) is 0 Å². The molecule has 2 N–H and O–H groups in total. The smallest absolute Gasteiger partial charge is 0.410 e. The highest BCUT2D eigenvalue weighted by molar-refractivity contribution is 5.69. The average Bonchev–Trinajstić information content (AvgIpc) is 1.96. The van der Waals surface area contributed by atoms with Crippen molar-refractivity contribution >= 4 is 6.09 Å². The third kappa shape index (κ3) is 3.37. The predicted octanol–water partition coefficient (Wildman–Crippen LogP) is 2.12. The molecule has 4 nitrogen and oxygen atoms in total. The van der Waals surface area contributed by atoms with Gasteiger partial charge >= 0.3 is 6.09 Å². The number of piperidine rings is 1. The van der Waals surface area contributed by atoms with Crippen LogP contribution in [0.2, 0.25) is 0 Å². The van der Waals surface area contributed by atoms with E-state index in [0.717, 1.165) is 12.8 Å². The number of amides is 1. The van der Waals surface area contributed by atoms with Gasteiger partial charge in [0.05, 0.1) is 0 Å². The molecule has 1 fully saturated rings. The Hall–Kier alpha value is -0.770. The lowest BCUT2D eigenvalue weighted by atomic mass is 9.94. The van der Waals surface area contributed by atoms with Crippen LogP contribution in [0.4, 0.5) is 4.79 Å². The Labute approximate surface area is 98.1 Å². The van der Waals surface area contributed by atoms with Gasteiger partial charge in [0.25, 0.3) is 0 Å². The van der Waals surface area contributed by atoms with Crippen LogP contribution in [-0.2, 0) is 4.74 Å². The van der Waals surface area contributed by atoms with E-state index in [0.29, 0.717) is 0 Å². The number of hydrogen-bond donors (Lipinski definition) is 1. The summed E-state index contributed by atoms with van der Waals surface area (Å²) in [6.45, 7) is 9.71. The molecule has 1 aliphatic rings. The molecule has 16 heavy (non-hydrogen) atoms. The van der Waals surface area contributed by atoms with Crippen LogP contribution in [0.5, 0.6) is 0 Å². The SMILES string of the molecule is C[C@H]1CC(N)C[C@H](C)N1C(=O)OC(C)(C)C. The summed E-state index contributed by atoms with van der Waals surface area (Å²) in [5, 5.41) is 0. The Morgan fingerprint density at radius 3 is 2.06 bits per heavy atom. The predicted molar refractivity (Wildman–Crippen MR) is 64.2 cm³/mol. The lowest BCUT2D eigenvalue weighted by Gasteiger charge is -2.41. The van der Waals surface area contributed by atoms with Crippen molar-refractivity contribution in [1.82, 2.24) is 4.90 Å². The zero-order valence-corrected chi connectivity index (χ0v) is 11.0. The first-order valence-electron chi connectivity index (χ1n) is 5.97. The monoisotopic (exact) mass is 228 g/mol. The molecule has 1 rings (SSSR count). The Morgan fingerprint density at radius 1 is 1.25 bits per heavy atom. The fraction of sp³-hybridized carbons (Fsp3) is 0.917. The van der Waals surface area contributed by atoms with E-state index in [1.54, 1.807) is 0 Å². The molecule has 0 aliphatic carbocycles. The molecule has 94 valence electrons. The van der Waals surface area contributed by atoms with Crippen molar-refractivity contribution in [2.24, 2.45) is 5.73 Å². The van der Waals surface area contributed by atoms with E-state index < -0.39 is 5.60 Å². The van der Waals surface area contributed by atoms with Crippen molar-refractivity contribution in [1.29, 1.82) is 0 Å². The molecule has 2 atom stereocenters. The molecule has 4 heteroatoms. The summed E-state index contributed by atoms with van der Waals surface area (Å²) in [4.78, 5) is 13.8. The van der Waals surface area contributed by atoms with Crippen LogP contribution in [0.15, 0.2) is 0 Å². The Bertz CT molecular complexity index is 248. The summed E-state index contributed by atoms with van der Waals surface area (Å²) in [6, 6.07) is 0.519. The third-order valence-electron chi connectivity index (χ3n) is 2.84. The highest BCUT2D eigenvalue weighted by Gasteiger charge is 2.35. The van der Waals surface area contributed by atoms with Crippen molar-refractivity contribution in [3.8, 4) is 0 Å². The minimum absolute atomic E-state index is 0.161. The number of hydrogen-bond acceptors (Lipinski definition) is 3. The second-order valence-electron chi connectivity index (χ2n) is 5.82. The Balaban J connectivity index is 2.67. The summed E-state index contributed by atoms with van der Waals surface area (Å²) in [5.74, 6) is 0. The van der Waals surface area contributed by atoms with Gasteiger partial charge in [0.15, 0.2) is 0 Å². The van der Waals surface area contributed by atoms with Gasteiger partial charge in [0, 0.05) is 18.1 Å². The Kier molecular flexibility index (Phi) is 3.84. The molecular weight excluding hydrogens is 204 g/mol. The molecule has 1 aliphatic heterocycles. The summed E-state index contributed by atoms with van der Waals surface area (Å²) in [5.41, 5.74) is 5.49. The number of likely N-dealkylation sites (tertiary alicyclic amines) is 1. The molecule has 0 bridgehead atoms. The minimum atomic E-state index is -0.434. The zero-order chi connectivity index (χ0) is 12.5. The first kappa shape index (κ1) is 13.3. The van der Waals surface area contributed by atoms with Gasteiger partial charge in [-0.05, 0) is 47.5 Å². The van der Waals surface area contributed by atoms with Crippen LogP contribution in [0.1, 0.15) is 47.5 Å². The molecule has 1 saturated heterocycles. The minimum Gasteiger partial charge on any atom is -0.444 e. The number of rotatable bonds is 0. The van der Waals surface area contributed by atoms with E-state index in [1.807, 2.05) is 39.5 Å². The van der Waals surface area contributed by atoms with E-state index in [4.69, 9.17) is 10.5 Å². The maximum Gasteiger partial charge on any atom is 0.410 e. The molecule has 0 radical (unpaired) electrons. The fourth-order valence-corrected chi connectivity index (χ4v) is 2.31. The van der Waals surface area contributed by atoms with Gasteiger partial charge in [-0.25, -0.2) is 4.79 Å². The van der Waals surface area contributed by atoms with Gasteiger partial charge in [0.1, 0.15) is 5.60 Å². The second kappa shape index (κ2) is 4.62. The standard InChI is InChI=1S/C12H24N2O2/c1-8-6-10(13)7-9(2)14(8)11(15)16-12(3,4)5/h8-10H,6-7,13H2,1-5H3/t8-,9-/m0/s1. The molecule has 0 saturated carbocycles. The van der Waals surface area contributed by atoms with Gasteiger partial charge in [-0.3, -0.25) is 0 Å². The number of nitrogens with two attached hydrogens (primary N) is 1. The largest absolute Gasteiger partial charge is 0.444 e. The quantitative estimate of drug-likeness (QED) is 0.691. The van der Waals surface area contributed by atoms with Crippen molar-refractivity contribution in [3.05, 3.63) is 0 Å². The highest BCUT2D eigenvalue weighted by atomic mass is 16.6. The molecule has 1 heterocycles. The first-order chi connectivity index (χ1) is 7.20. The summed E-state index contributed by atoms with van der Waals surface area (Å²) in [7, 11) is 0. The number of carbonyl (C=O) groups excluding carboxylic acids is 1. The molecule has 0 aromatic heterocycles. The number of ether oxygens (including phenoxy) is 1. The highest BCUT2D eigenvalue weighted by Crippen LogP contribution is 2.24. The van der Waals surface area contributed by atoms with Gasteiger partial charge in [0.2, 0.25) is 0 Å². The van der Waals surface area contributed by atoms with E-state index in [1.165, 1.54) is 0 Å². The average molecular weight is 228 g/mol. The van der Waals surface area contributed by atoms with Crippen molar-refractivity contribution in [2.45, 2.75) is 71.2 Å². The van der Waals surface area contributed by atoms with Crippen LogP contribution < -0.4 is 5.73 Å². The van der Waals surface area contributed by atoms with Crippen molar-refractivity contribution < 1.29 is 9.53 Å². The van der Waals surface area contributed by atoms with Crippen LogP contribution in [0, 0.1) is 0 Å². The lowest BCUT2D eigenvalue weighted by Crippen LogP contribution is -2.54. The summed E-state index contributed by atoms with van der Waals surface area (Å²) >= 11 is 0. The van der Waals surface area contributed by atoms with Crippen LogP contribution in [-0.4, -0.2) is 34.7 Å². The number of carbonyl (C=O) groups is 1. The lowest BCUT2D eigenvalue weighted by molar-refractivity contribution is -0.00210. The third-order valence-corrected chi connectivity index (χ3v) is 2.84. The second-order valence-corrected chi connectivity index (χ2v) is 5.82. The molecule has 1 amide bonds. The van der Waals surface area contributed by atoms with Gasteiger partial charge in [-0.15, -0.1) is 0 Å². The van der Waals surface area contributed by atoms with E-state index >= 15 is 0 Å². The summed E-state index contributed by atoms with van der Waals surface area (Å²) in [6.07, 6.45) is 1.48. The maximum atomic E-state index is 12.0. The molecule has 0 aromatic carbocycles. The zero-order valence-electron chi connectivity index (χ0n) is 11.0. The van der Waals surface area contributed by atoms with E-state index in [-0.39, 0.29) is 24.2 Å². The van der Waals surface area contributed by atoms with Gasteiger partial charge < -0.3 is 15.4 Å². The molecule has 0 aromatic rings. The van der Waals surface area contributed by atoms with E-state index in [2.05, 4.69) is 0 Å². The van der Waals surface area contributed by atoms with Crippen molar-refractivity contribution in [3.63, 3.8) is 0 Å². The Morgan fingerprint density at radius 2 is 1.69 bits per heavy atom. The molecular formula is C12H24N2O2. The topological polar surface area (TPSA) is 55.6 Å². The van der Waals surface area contributed by atoms with Crippen LogP contribution in [0.3, 0.4) is 0 Å². The first-order valence-corrected chi connectivity index (χ1v) is 5.97. The normalized spacial score (nSPS) is 31.4. The molecule has 0 spiro atoms. The maximum absolute atomic E-state index is 12.0. The van der Waals surface area contributed by atoms with Gasteiger partial charge in [-0.1, -0.05) is 0 Å².